The third-order valence-electron chi connectivity index (χ3n) is 14.3. The summed E-state index contributed by atoms with van der Waals surface area (Å²) in [4.78, 5) is 68.0. The molecule has 0 bridgehead atoms. The number of cyclic esters (lactones) is 1. The Bertz CT molecular complexity index is 2860. The molecule has 3 fully saturated rings. The van der Waals surface area contributed by atoms with Gasteiger partial charge in [0.25, 0.3) is 11.8 Å². The van der Waals surface area contributed by atoms with E-state index in [1.165, 1.54) is 12.8 Å². The predicted octanol–water partition coefficient (Wildman–Crippen LogP) is 4.90. The number of aliphatic hydroxyl groups excluding tert-OH is 1. The Morgan fingerprint density at radius 1 is 0.887 bits per heavy atom. The highest BCUT2D eigenvalue weighted by Crippen LogP contribution is 2.38. The highest BCUT2D eigenvalue weighted by atomic mass is 16.6. The van der Waals surface area contributed by atoms with Gasteiger partial charge >= 0.3 is 5.97 Å². The number of piperidine rings is 2. The summed E-state index contributed by atoms with van der Waals surface area (Å²) >= 11 is 0. The van der Waals surface area contributed by atoms with E-state index in [0.717, 1.165) is 81.0 Å². The molecule has 3 saturated heterocycles. The van der Waals surface area contributed by atoms with Crippen molar-refractivity contribution in [1.29, 1.82) is 0 Å². The van der Waals surface area contributed by atoms with E-state index in [-0.39, 0.29) is 36.7 Å². The number of anilines is 3. The number of carbonyl (C=O) groups is 4. The van der Waals surface area contributed by atoms with Crippen molar-refractivity contribution in [3.63, 3.8) is 0 Å². The van der Waals surface area contributed by atoms with Crippen molar-refractivity contribution in [2.45, 2.75) is 76.6 Å². The lowest BCUT2D eigenvalue weighted by Gasteiger charge is -2.38. The van der Waals surface area contributed by atoms with Crippen LogP contribution in [0.25, 0.3) is 11.5 Å². The fraction of sp³-hybridized carbons (Fsp3) is 0.434. The Balaban J connectivity index is 0.672. The monoisotopic (exact) mass is 961 g/mol. The minimum atomic E-state index is -0.758. The number of nitrogens with zero attached hydrogens (tertiary/aromatic N) is 8. The number of imide groups is 1. The van der Waals surface area contributed by atoms with Crippen molar-refractivity contribution >= 4 is 41.1 Å². The first-order valence-corrected chi connectivity index (χ1v) is 24.7. The molecule has 5 aromatic rings. The fourth-order valence-electron chi connectivity index (χ4n) is 10.3. The van der Waals surface area contributed by atoms with Crippen LogP contribution in [0.3, 0.4) is 0 Å². The molecule has 0 spiro atoms. The summed E-state index contributed by atoms with van der Waals surface area (Å²) in [5.74, 6) is 7.60. The van der Waals surface area contributed by atoms with Gasteiger partial charge in [0, 0.05) is 80.7 Å². The van der Waals surface area contributed by atoms with Gasteiger partial charge in [0.1, 0.15) is 17.5 Å². The number of hydrogen-bond donors (Lipinski definition) is 4. The molecule has 10 rings (SSSR count). The number of aromatic nitrogens is 4. The number of aryl methyl sites for hydroxylation is 1. The van der Waals surface area contributed by atoms with Crippen LogP contribution in [0.1, 0.15) is 101 Å². The minimum absolute atomic E-state index is 0.174. The zero-order valence-electron chi connectivity index (χ0n) is 40.2. The molecule has 1 unspecified atom stereocenters. The number of nitrogens with one attached hydrogen (secondary N) is 3. The second-order valence-electron chi connectivity index (χ2n) is 19.6. The molecular formula is C53H59N11O7. The van der Waals surface area contributed by atoms with Crippen LogP contribution in [-0.2, 0) is 32.9 Å². The number of carbonyl (C=O) groups excluding carboxylic acids is 4. The standard InChI is InChI=1S/C53H59N11O7/c1-53(2)42-29-38(13-15-40(42)51(69)71-53)55-52-54-30-41(47(58-52)56-43(33-65)36-9-4-3-5-10-36)49-60-59-46(70-49)11-7-21-61-22-18-35(19-23-61)31-63-26-24-62(25-27-63)20-6-8-34-12-14-39-37(28-34)32-64(50(39)68)44-16-17-45(66)57-48(44)67/h3-5,9-10,12-15,28-30,35,43-44,65H,7,11,16-27,31-33H2,1-2H3,(H,57,66,67)(H2,54,55,56,58)/t43-,44?/m1/s1. The normalized spacial score (nSPS) is 19.9. The summed E-state index contributed by atoms with van der Waals surface area (Å²) < 4.78 is 11.8. The van der Waals surface area contributed by atoms with E-state index in [0.29, 0.717) is 71.9 Å². The molecule has 18 heteroatoms. The quantitative estimate of drug-likeness (QED) is 0.0625. The maximum absolute atomic E-state index is 13.1. The summed E-state index contributed by atoms with van der Waals surface area (Å²) in [6.07, 6.45) is 6.07. The lowest BCUT2D eigenvalue weighted by Crippen LogP contribution is -2.52. The third kappa shape index (κ3) is 10.8. The van der Waals surface area contributed by atoms with Gasteiger partial charge in [-0.05, 0) is 113 Å². The number of piperazine rings is 1. The SMILES string of the molecule is CC1(C)OC(=O)c2ccc(Nc3ncc(-c4nnc(CCCN5CCC(CN6CCN(CC#Cc7ccc8c(c7)CN(C7CCC(=O)NC7=O)C8=O)CC6)CC5)o4)c(N[C@H](CO)c4ccccc4)n3)cc21. The zero-order valence-corrected chi connectivity index (χ0v) is 40.2. The van der Waals surface area contributed by atoms with E-state index < -0.39 is 23.6 Å². The second-order valence-corrected chi connectivity index (χ2v) is 19.6. The van der Waals surface area contributed by atoms with Crippen LogP contribution in [0.2, 0.25) is 0 Å². The van der Waals surface area contributed by atoms with Crippen molar-refractivity contribution in [3.8, 4) is 23.3 Å². The van der Waals surface area contributed by atoms with Crippen LogP contribution in [0.15, 0.2) is 77.3 Å². The molecule has 3 amide bonds. The Morgan fingerprint density at radius 2 is 1.68 bits per heavy atom. The molecule has 0 radical (unpaired) electrons. The highest BCUT2D eigenvalue weighted by molar-refractivity contribution is 6.05. The number of aliphatic hydroxyl groups is 1. The van der Waals surface area contributed by atoms with E-state index in [1.807, 2.05) is 62.4 Å². The smallest absolute Gasteiger partial charge is 0.339 e. The Morgan fingerprint density at radius 3 is 2.46 bits per heavy atom. The molecular weight excluding hydrogens is 903 g/mol. The summed E-state index contributed by atoms with van der Waals surface area (Å²) in [5, 5.41) is 28.2. The lowest BCUT2D eigenvalue weighted by molar-refractivity contribution is -0.136. The van der Waals surface area contributed by atoms with Crippen molar-refractivity contribution in [3.05, 3.63) is 112 Å². The molecule has 368 valence electrons. The summed E-state index contributed by atoms with van der Waals surface area (Å²) in [6.45, 7) is 12.8. The van der Waals surface area contributed by atoms with Crippen molar-refractivity contribution < 1.29 is 33.4 Å². The van der Waals surface area contributed by atoms with E-state index in [2.05, 4.69) is 57.7 Å². The maximum Gasteiger partial charge on any atom is 0.339 e. The number of benzene rings is 3. The molecule has 2 atom stereocenters. The second kappa shape index (κ2) is 20.7. The Hall–Kier alpha value is -7.04. The van der Waals surface area contributed by atoms with Crippen LogP contribution < -0.4 is 16.0 Å². The Labute approximate surface area is 412 Å². The largest absolute Gasteiger partial charge is 0.451 e. The topological polar surface area (TPSA) is 211 Å². The predicted molar refractivity (Wildman–Crippen MR) is 263 cm³/mol. The van der Waals surface area contributed by atoms with Gasteiger partial charge in [0.15, 0.2) is 0 Å². The molecule has 0 aliphatic carbocycles. The first-order chi connectivity index (χ1) is 34.5. The number of amides is 3. The van der Waals surface area contributed by atoms with Crippen LogP contribution in [-0.4, -0.2) is 140 Å². The first kappa shape index (κ1) is 47.6. The van der Waals surface area contributed by atoms with Crippen LogP contribution in [0.5, 0.6) is 0 Å². The molecule has 71 heavy (non-hydrogen) atoms. The zero-order chi connectivity index (χ0) is 49.1. The first-order valence-electron chi connectivity index (χ1n) is 24.7. The molecule has 4 N–H and O–H groups in total. The molecule has 7 heterocycles. The molecule has 5 aliphatic rings. The average molecular weight is 962 g/mol. The number of ether oxygens (including phenoxy) is 1. The van der Waals surface area contributed by atoms with E-state index in [4.69, 9.17) is 14.1 Å². The molecule has 0 saturated carbocycles. The molecule has 18 nitrogen and oxygen atoms in total. The van der Waals surface area contributed by atoms with Gasteiger partial charge in [0.05, 0.1) is 30.3 Å². The number of hydrogen-bond acceptors (Lipinski definition) is 16. The third-order valence-corrected chi connectivity index (χ3v) is 14.3. The van der Waals surface area contributed by atoms with Crippen LogP contribution in [0.4, 0.5) is 17.5 Å². The maximum atomic E-state index is 13.1. The van der Waals surface area contributed by atoms with Gasteiger partial charge in [-0.1, -0.05) is 42.2 Å². The summed E-state index contributed by atoms with van der Waals surface area (Å²) in [7, 11) is 0. The van der Waals surface area contributed by atoms with E-state index >= 15 is 0 Å². The van der Waals surface area contributed by atoms with Gasteiger partial charge in [-0.2, -0.15) is 4.98 Å². The van der Waals surface area contributed by atoms with Gasteiger partial charge in [-0.25, -0.2) is 9.78 Å². The van der Waals surface area contributed by atoms with Gasteiger partial charge in [0.2, 0.25) is 23.7 Å². The van der Waals surface area contributed by atoms with Gasteiger partial charge in [-0.15, -0.1) is 10.2 Å². The molecule has 2 aromatic heterocycles. The number of fused-ring (bicyclic) bond motifs is 2. The van der Waals surface area contributed by atoms with Crippen LogP contribution in [0, 0.1) is 17.8 Å². The van der Waals surface area contributed by atoms with Crippen molar-refractivity contribution in [1.82, 2.24) is 45.1 Å². The number of esters is 1. The molecule has 3 aromatic carbocycles. The summed E-state index contributed by atoms with van der Waals surface area (Å²) in [6, 6.07) is 19.6. The van der Waals surface area contributed by atoms with Gasteiger partial charge < -0.3 is 39.6 Å². The number of likely N-dealkylation sites (tertiary alicyclic amines) is 1. The minimum Gasteiger partial charge on any atom is -0.451 e. The van der Waals surface area contributed by atoms with Crippen molar-refractivity contribution in [2.24, 2.45) is 5.92 Å². The van der Waals surface area contributed by atoms with Crippen molar-refractivity contribution in [2.75, 3.05) is 76.1 Å². The lowest BCUT2D eigenvalue weighted by atomic mass is 9.95. The average Bonchev–Trinajstić information content (AvgIpc) is 4.04. The fourth-order valence-corrected chi connectivity index (χ4v) is 10.3. The summed E-state index contributed by atoms with van der Waals surface area (Å²) in [5.41, 5.74) is 4.94. The number of rotatable bonds is 15. The van der Waals surface area contributed by atoms with Gasteiger partial charge in [-0.3, -0.25) is 24.6 Å². The van der Waals surface area contributed by atoms with E-state index in [9.17, 15) is 24.3 Å². The van der Waals surface area contributed by atoms with E-state index in [1.54, 1.807) is 29.3 Å². The van der Waals surface area contributed by atoms with Crippen LogP contribution >= 0.6 is 0 Å². The highest BCUT2D eigenvalue weighted by Gasteiger charge is 2.40. The molecule has 5 aliphatic heterocycles. The Kier molecular flexibility index (Phi) is 13.9.